The fourth-order valence-electron chi connectivity index (χ4n) is 3.41. The molecule has 108 valence electrons. The first-order chi connectivity index (χ1) is 10.5. The maximum Gasteiger partial charge on any atom is -0.00960 e. The standard InChI is InChI=1S/C22H20/c1-22(2,3)21-14-17-10-6-7-11-18(17)19-12-15-8-4-5-9-16(15)13-20(19)21/h4-14H,1-3H3. The first kappa shape index (κ1) is 13.3. The van der Waals surface area contributed by atoms with Gasteiger partial charge in [-0.2, -0.15) is 0 Å². The van der Waals surface area contributed by atoms with Crippen LogP contribution in [0.3, 0.4) is 0 Å². The molecule has 0 fully saturated rings. The zero-order chi connectivity index (χ0) is 15.3. The SMILES string of the molecule is CC(C)(C)c1cc2ccccc2c2cc3ccccc3cc12. The summed E-state index contributed by atoms with van der Waals surface area (Å²) in [6.45, 7) is 6.89. The molecule has 0 radical (unpaired) electrons. The van der Waals surface area contributed by atoms with Gasteiger partial charge in [-0.25, -0.2) is 0 Å². The van der Waals surface area contributed by atoms with Crippen molar-refractivity contribution in [2.24, 2.45) is 0 Å². The molecule has 0 heteroatoms. The van der Waals surface area contributed by atoms with Crippen LogP contribution in [-0.4, -0.2) is 0 Å². The number of benzene rings is 4. The monoisotopic (exact) mass is 284 g/mol. The summed E-state index contributed by atoms with van der Waals surface area (Å²) in [5, 5.41) is 8.04. The Morgan fingerprint density at radius 2 is 1.09 bits per heavy atom. The first-order valence-electron chi connectivity index (χ1n) is 7.89. The van der Waals surface area contributed by atoms with Gasteiger partial charge in [-0.3, -0.25) is 0 Å². The zero-order valence-electron chi connectivity index (χ0n) is 13.4. The van der Waals surface area contributed by atoms with E-state index in [1.165, 1.54) is 37.9 Å². The van der Waals surface area contributed by atoms with Gasteiger partial charge < -0.3 is 0 Å². The van der Waals surface area contributed by atoms with Crippen LogP contribution in [0.15, 0.2) is 66.7 Å². The average Bonchev–Trinajstić information content (AvgIpc) is 2.51. The highest BCUT2D eigenvalue weighted by Crippen LogP contribution is 2.37. The molecule has 0 atom stereocenters. The minimum atomic E-state index is 0.130. The van der Waals surface area contributed by atoms with Gasteiger partial charge in [0, 0.05) is 0 Å². The molecular weight excluding hydrogens is 264 g/mol. The van der Waals surface area contributed by atoms with E-state index in [9.17, 15) is 0 Å². The van der Waals surface area contributed by atoms with Gasteiger partial charge in [0.05, 0.1) is 0 Å². The predicted octanol–water partition coefficient (Wildman–Crippen LogP) is 6.44. The summed E-state index contributed by atoms with van der Waals surface area (Å²) in [4.78, 5) is 0. The molecule has 0 saturated carbocycles. The maximum atomic E-state index is 2.37. The molecule has 4 rings (SSSR count). The summed E-state index contributed by atoms with van der Waals surface area (Å²) in [5.41, 5.74) is 1.55. The molecule has 0 unspecified atom stereocenters. The molecule has 0 aliphatic rings. The van der Waals surface area contributed by atoms with Crippen molar-refractivity contribution in [1.82, 2.24) is 0 Å². The fourth-order valence-corrected chi connectivity index (χ4v) is 3.41. The van der Waals surface area contributed by atoms with E-state index in [2.05, 4.69) is 87.5 Å². The average molecular weight is 284 g/mol. The van der Waals surface area contributed by atoms with Gasteiger partial charge >= 0.3 is 0 Å². The third-order valence-corrected chi connectivity index (χ3v) is 4.53. The largest absolute Gasteiger partial charge is 0.0616 e. The molecular formula is C22H20. The Morgan fingerprint density at radius 3 is 1.73 bits per heavy atom. The number of fused-ring (bicyclic) bond motifs is 4. The van der Waals surface area contributed by atoms with Gasteiger partial charge in [0.2, 0.25) is 0 Å². The molecule has 0 heterocycles. The lowest BCUT2D eigenvalue weighted by Crippen LogP contribution is -2.11. The van der Waals surface area contributed by atoms with Crippen molar-refractivity contribution >= 4 is 32.3 Å². The number of hydrogen-bond acceptors (Lipinski definition) is 0. The van der Waals surface area contributed by atoms with E-state index >= 15 is 0 Å². The van der Waals surface area contributed by atoms with E-state index in [-0.39, 0.29) is 5.41 Å². The van der Waals surface area contributed by atoms with Crippen LogP contribution in [-0.2, 0) is 5.41 Å². The molecule has 0 aliphatic carbocycles. The van der Waals surface area contributed by atoms with Crippen LogP contribution in [0.4, 0.5) is 0 Å². The van der Waals surface area contributed by atoms with E-state index in [0.29, 0.717) is 0 Å². The van der Waals surface area contributed by atoms with Crippen LogP contribution in [0.2, 0.25) is 0 Å². The van der Waals surface area contributed by atoms with Crippen molar-refractivity contribution in [2.75, 3.05) is 0 Å². The third kappa shape index (κ3) is 1.99. The van der Waals surface area contributed by atoms with Gasteiger partial charge in [0.25, 0.3) is 0 Å². The summed E-state index contributed by atoms with van der Waals surface area (Å²) in [6.07, 6.45) is 0. The van der Waals surface area contributed by atoms with Gasteiger partial charge in [0.1, 0.15) is 0 Å². The third-order valence-electron chi connectivity index (χ3n) is 4.53. The molecule has 0 saturated heterocycles. The lowest BCUT2D eigenvalue weighted by atomic mass is 9.81. The smallest absolute Gasteiger partial charge is 0.00960 e. The highest BCUT2D eigenvalue weighted by molar-refractivity contribution is 6.13. The Bertz CT molecular complexity index is 1000. The van der Waals surface area contributed by atoms with Crippen LogP contribution in [0, 0.1) is 0 Å². The molecule has 0 aliphatic heterocycles. The Balaban J connectivity index is 2.28. The van der Waals surface area contributed by atoms with Crippen LogP contribution in [0.25, 0.3) is 32.3 Å². The summed E-state index contributed by atoms with van der Waals surface area (Å²) in [7, 11) is 0. The normalized spacial score (nSPS) is 12.3. The molecule has 0 N–H and O–H groups in total. The van der Waals surface area contributed by atoms with Crippen molar-refractivity contribution in [1.29, 1.82) is 0 Å². The second kappa shape index (κ2) is 4.58. The van der Waals surface area contributed by atoms with E-state index in [1.807, 2.05) is 0 Å². The Hall–Kier alpha value is -2.34. The molecule has 0 bridgehead atoms. The highest BCUT2D eigenvalue weighted by atomic mass is 14.2. The molecule has 0 nitrogen and oxygen atoms in total. The first-order valence-corrected chi connectivity index (χ1v) is 7.89. The van der Waals surface area contributed by atoms with Crippen molar-refractivity contribution in [3.63, 3.8) is 0 Å². The molecule has 4 aromatic rings. The van der Waals surface area contributed by atoms with E-state index < -0.39 is 0 Å². The van der Waals surface area contributed by atoms with E-state index in [0.717, 1.165) is 0 Å². The summed E-state index contributed by atoms with van der Waals surface area (Å²) < 4.78 is 0. The highest BCUT2D eigenvalue weighted by Gasteiger charge is 2.18. The molecule has 0 aromatic heterocycles. The second-order valence-electron chi connectivity index (χ2n) is 7.14. The molecule has 0 spiro atoms. The second-order valence-corrected chi connectivity index (χ2v) is 7.14. The van der Waals surface area contributed by atoms with Crippen molar-refractivity contribution in [3.8, 4) is 0 Å². The molecule has 0 amide bonds. The maximum absolute atomic E-state index is 2.37. The summed E-state index contributed by atoms with van der Waals surface area (Å²) in [6, 6.07) is 24.4. The number of hydrogen-bond donors (Lipinski definition) is 0. The zero-order valence-corrected chi connectivity index (χ0v) is 13.4. The minimum absolute atomic E-state index is 0.130. The Morgan fingerprint density at radius 1 is 0.545 bits per heavy atom. The van der Waals surface area contributed by atoms with Crippen LogP contribution >= 0.6 is 0 Å². The van der Waals surface area contributed by atoms with E-state index in [1.54, 1.807) is 0 Å². The Kier molecular flexibility index (Phi) is 2.77. The lowest BCUT2D eigenvalue weighted by Gasteiger charge is -2.23. The van der Waals surface area contributed by atoms with Crippen molar-refractivity contribution < 1.29 is 0 Å². The van der Waals surface area contributed by atoms with Crippen molar-refractivity contribution in [2.45, 2.75) is 26.2 Å². The predicted molar refractivity (Wildman–Crippen MR) is 97.7 cm³/mol. The minimum Gasteiger partial charge on any atom is -0.0616 e. The van der Waals surface area contributed by atoms with Gasteiger partial charge in [-0.15, -0.1) is 0 Å². The lowest BCUT2D eigenvalue weighted by molar-refractivity contribution is 0.596. The topological polar surface area (TPSA) is 0 Å². The molecule has 22 heavy (non-hydrogen) atoms. The van der Waals surface area contributed by atoms with Crippen molar-refractivity contribution in [3.05, 3.63) is 72.3 Å². The van der Waals surface area contributed by atoms with Crippen LogP contribution < -0.4 is 0 Å². The molecule has 4 aromatic carbocycles. The summed E-state index contributed by atoms with van der Waals surface area (Å²) >= 11 is 0. The van der Waals surface area contributed by atoms with Gasteiger partial charge in [-0.1, -0.05) is 69.3 Å². The quantitative estimate of drug-likeness (QED) is 0.257. The van der Waals surface area contributed by atoms with Crippen LogP contribution in [0.5, 0.6) is 0 Å². The van der Waals surface area contributed by atoms with Crippen LogP contribution in [0.1, 0.15) is 26.3 Å². The number of rotatable bonds is 0. The van der Waals surface area contributed by atoms with Gasteiger partial charge in [0.15, 0.2) is 0 Å². The van der Waals surface area contributed by atoms with Gasteiger partial charge in [-0.05, 0) is 61.5 Å². The fraction of sp³-hybridized carbons (Fsp3) is 0.182. The van der Waals surface area contributed by atoms with E-state index in [4.69, 9.17) is 0 Å². The Labute approximate surface area is 131 Å². The summed E-state index contributed by atoms with van der Waals surface area (Å²) in [5.74, 6) is 0.